The number of thiazole rings is 1. The van der Waals surface area contributed by atoms with Crippen LogP contribution in [-0.2, 0) is 24.1 Å². The van der Waals surface area contributed by atoms with E-state index in [1.807, 2.05) is 23.1 Å². The maximum Gasteiger partial charge on any atom is 0.256 e. The Kier molecular flexibility index (Phi) is 7.08. The molecule has 4 aromatic rings. The van der Waals surface area contributed by atoms with Crippen LogP contribution < -0.4 is 15.6 Å². The van der Waals surface area contributed by atoms with Crippen LogP contribution in [-0.4, -0.2) is 69.9 Å². The van der Waals surface area contributed by atoms with Gasteiger partial charge in [-0.25, -0.2) is 23.7 Å². The van der Waals surface area contributed by atoms with Crippen molar-refractivity contribution in [1.82, 2.24) is 29.4 Å². The molecule has 0 aliphatic carbocycles. The number of pyridine rings is 2. The third-order valence-corrected chi connectivity index (χ3v) is 7.32. The molecule has 4 aromatic heterocycles. The van der Waals surface area contributed by atoms with E-state index in [1.54, 1.807) is 25.6 Å². The summed E-state index contributed by atoms with van der Waals surface area (Å²) < 4.78 is 34.7. The first-order valence-corrected chi connectivity index (χ1v) is 12.5. The van der Waals surface area contributed by atoms with E-state index < -0.39 is 13.0 Å². The first-order valence-electron chi connectivity index (χ1n) is 11.7. The van der Waals surface area contributed by atoms with Gasteiger partial charge in [-0.3, -0.25) is 9.36 Å². The summed E-state index contributed by atoms with van der Waals surface area (Å²) in [6, 6.07) is 3.84. The number of rotatable bonds is 9. The van der Waals surface area contributed by atoms with Crippen molar-refractivity contribution in [3.8, 4) is 5.13 Å². The van der Waals surface area contributed by atoms with Gasteiger partial charge in [0.15, 0.2) is 16.2 Å². The van der Waals surface area contributed by atoms with Crippen molar-refractivity contribution >= 4 is 28.2 Å². The summed E-state index contributed by atoms with van der Waals surface area (Å²) in [5.41, 5.74) is 0.945. The van der Waals surface area contributed by atoms with Crippen LogP contribution in [0.5, 0.6) is 0 Å². The molecule has 1 fully saturated rings. The van der Waals surface area contributed by atoms with Gasteiger partial charge in [0.2, 0.25) is 0 Å². The molecule has 1 saturated heterocycles. The van der Waals surface area contributed by atoms with Crippen LogP contribution in [0.1, 0.15) is 11.4 Å². The summed E-state index contributed by atoms with van der Waals surface area (Å²) in [5.74, 6) is 1.28. The van der Waals surface area contributed by atoms with Crippen LogP contribution in [0.2, 0.25) is 0 Å². The molecule has 2 atom stereocenters. The van der Waals surface area contributed by atoms with Crippen LogP contribution in [0.15, 0.2) is 47.1 Å². The number of likely N-dealkylation sites (N-methyl/N-ethyl adjacent to an activating group) is 1. The summed E-state index contributed by atoms with van der Waals surface area (Å²) in [7, 11) is 3.61. The molecule has 1 aliphatic rings. The van der Waals surface area contributed by atoms with Crippen molar-refractivity contribution < 1.29 is 13.5 Å². The Bertz CT molecular complexity index is 1380. The number of nitrogens with one attached hydrogen (secondary N) is 1. The molecule has 1 aliphatic heterocycles. The molecule has 0 saturated carbocycles. The first kappa shape index (κ1) is 24.5. The van der Waals surface area contributed by atoms with Crippen molar-refractivity contribution in [3.05, 3.63) is 63.9 Å². The molecule has 1 N–H and O–H groups in total. The van der Waals surface area contributed by atoms with Gasteiger partial charge in [0.25, 0.3) is 6.43 Å². The number of ether oxygens (including phenoxy) is 1. The van der Waals surface area contributed by atoms with Gasteiger partial charge >= 0.3 is 0 Å². The van der Waals surface area contributed by atoms with Gasteiger partial charge in [0.1, 0.15) is 11.6 Å². The molecule has 9 nitrogen and oxygen atoms in total. The van der Waals surface area contributed by atoms with E-state index in [4.69, 9.17) is 9.72 Å². The summed E-state index contributed by atoms with van der Waals surface area (Å²) in [6.45, 7) is 1.00. The Labute approximate surface area is 210 Å². The molecule has 190 valence electrons. The number of anilines is 1. The molecule has 0 spiro atoms. The van der Waals surface area contributed by atoms with E-state index in [1.165, 1.54) is 28.3 Å². The number of imidazole rings is 1. The number of alkyl halides is 2. The predicted molar refractivity (Wildman–Crippen MR) is 135 cm³/mol. The summed E-state index contributed by atoms with van der Waals surface area (Å²) >= 11 is 1.44. The Balaban J connectivity index is 1.51. The SMILES string of the molecule is CNC1CN(c2ccc3c(=O)c(CCc4nccn4CC(F)F)cn(-c4nccs4)c3n2)CC1OC. The maximum atomic E-state index is 13.4. The smallest absolute Gasteiger partial charge is 0.256 e. The second kappa shape index (κ2) is 10.4. The second-order valence-corrected chi connectivity index (χ2v) is 9.54. The van der Waals surface area contributed by atoms with E-state index in [-0.39, 0.29) is 17.6 Å². The first-order chi connectivity index (χ1) is 17.5. The number of halogens is 2. The van der Waals surface area contributed by atoms with Crippen molar-refractivity contribution in [2.75, 3.05) is 32.1 Å². The maximum absolute atomic E-state index is 13.4. The number of nitrogens with zero attached hydrogens (tertiary/aromatic N) is 6. The normalized spacial score (nSPS) is 18.1. The molecule has 0 bridgehead atoms. The van der Waals surface area contributed by atoms with Gasteiger partial charge in [-0.15, -0.1) is 11.3 Å². The second-order valence-electron chi connectivity index (χ2n) is 8.67. The molecule has 2 unspecified atom stereocenters. The van der Waals surface area contributed by atoms with Gasteiger partial charge in [-0.05, 0) is 25.6 Å². The van der Waals surface area contributed by atoms with Crippen molar-refractivity contribution in [3.63, 3.8) is 0 Å². The minimum absolute atomic E-state index is 0.0358. The number of aromatic nitrogens is 5. The highest BCUT2D eigenvalue weighted by atomic mass is 32.1. The predicted octanol–water partition coefficient (Wildman–Crippen LogP) is 2.51. The molecule has 12 heteroatoms. The summed E-state index contributed by atoms with van der Waals surface area (Å²) in [6.07, 6.45) is 4.78. The van der Waals surface area contributed by atoms with E-state index >= 15 is 0 Å². The molecule has 0 amide bonds. The van der Waals surface area contributed by atoms with Crippen molar-refractivity contribution in [2.45, 2.75) is 38.0 Å². The molecule has 5 rings (SSSR count). The number of aryl methyl sites for hydroxylation is 2. The van der Waals surface area contributed by atoms with Gasteiger partial charge < -0.3 is 19.5 Å². The highest BCUT2D eigenvalue weighted by Gasteiger charge is 2.32. The van der Waals surface area contributed by atoms with Gasteiger partial charge in [-0.1, -0.05) is 0 Å². The standard InChI is InChI=1S/C24H27F2N7O2S/c1-27-17-12-32(13-18(17)35-2)21-6-4-16-22(34)15(3-5-20-28-7-9-31(20)14-19(25)26)11-33(23(16)30-21)24-29-8-10-36-24/h4,6-11,17-19,27H,3,5,12-14H2,1-2H3. The number of fused-ring (bicyclic) bond motifs is 1. The van der Waals surface area contributed by atoms with E-state index in [0.717, 1.165) is 12.4 Å². The van der Waals surface area contributed by atoms with Crippen LogP contribution >= 0.6 is 11.3 Å². The lowest BCUT2D eigenvalue weighted by Gasteiger charge is -2.19. The van der Waals surface area contributed by atoms with Crippen LogP contribution in [0.4, 0.5) is 14.6 Å². The van der Waals surface area contributed by atoms with E-state index in [9.17, 15) is 13.6 Å². The van der Waals surface area contributed by atoms with Gasteiger partial charge in [0.05, 0.1) is 24.1 Å². The monoisotopic (exact) mass is 515 g/mol. The topological polar surface area (TPSA) is 90.1 Å². The van der Waals surface area contributed by atoms with Crippen LogP contribution in [0, 0.1) is 0 Å². The van der Waals surface area contributed by atoms with E-state index in [2.05, 4.69) is 20.2 Å². The molecule has 0 radical (unpaired) electrons. The van der Waals surface area contributed by atoms with Gasteiger partial charge in [-0.2, -0.15) is 0 Å². The molecular weight excluding hydrogens is 488 g/mol. The molecule has 5 heterocycles. The Hall–Kier alpha value is -3.22. The zero-order valence-electron chi connectivity index (χ0n) is 20.0. The largest absolute Gasteiger partial charge is 0.378 e. The average molecular weight is 516 g/mol. The average Bonchev–Trinajstić information content (AvgIpc) is 3.64. The van der Waals surface area contributed by atoms with Crippen LogP contribution in [0.3, 0.4) is 0 Å². The number of methoxy groups -OCH3 is 1. The summed E-state index contributed by atoms with van der Waals surface area (Å²) in [4.78, 5) is 29.1. The van der Waals surface area contributed by atoms with Gasteiger partial charge in [0, 0.05) is 62.4 Å². The fourth-order valence-corrected chi connectivity index (χ4v) is 5.31. The minimum atomic E-state index is -2.47. The van der Waals surface area contributed by atoms with Crippen molar-refractivity contribution in [2.24, 2.45) is 0 Å². The highest BCUT2D eigenvalue weighted by molar-refractivity contribution is 7.12. The highest BCUT2D eigenvalue weighted by Crippen LogP contribution is 2.25. The third kappa shape index (κ3) is 4.75. The number of hydrogen-bond acceptors (Lipinski definition) is 8. The lowest BCUT2D eigenvalue weighted by atomic mass is 10.1. The lowest BCUT2D eigenvalue weighted by Crippen LogP contribution is -2.37. The molecule has 0 aromatic carbocycles. The Morgan fingerprint density at radius 2 is 2.08 bits per heavy atom. The lowest BCUT2D eigenvalue weighted by molar-refractivity contribution is 0.0996. The van der Waals surface area contributed by atoms with Crippen LogP contribution in [0.25, 0.3) is 16.2 Å². The zero-order chi connectivity index (χ0) is 25.2. The van der Waals surface area contributed by atoms with Crippen molar-refractivity contribution in [1.29, 1.82) is 0 Å². The zero-order valence-corrected chi connectivity index (χ0v) is 20.8. The molecule has 36 heavy (non-hydrogen) atoms. The summed E-state index contributed by atoms with van der Waals surface area (Å²) in [5, 5.41) is 6.32. The molecular formula is C24H27F2N7O2S. The fourth-order valence-electron chi connectivity index (χ4n) is 4.69. The fraction of sp³-hybridized carbons (Fsp3) is 0.417. The van der Waals surface area contributed by atoms with E-state index in [0.29, 0.717) is 46.9 Å². The minimum Gasteiger partial charge on any atom is -0.378 e. The number of hydrogen-bond donors (Lipinski definition) is 1. The Morgan fingerprint density at radius 3 is 2.78 bits per heavy atom. The third-order valence-electron chi connectivity index (χ3n) is 6.55. The quantitative estimate of drug-likeness (QED) is 0.366. The Morgan fingerprint density at radius 1 is 1.22 bits per heavy atom.